The molecule has 4 rings (SSSR count). The lowest BCUT2D eigenvalue weighted by molar-refractivity contribution is -0.121. The molecule has 0 bridgehead atoms. The topological polar surface area (TPSA) is 55.8 Å². The molecule has 1 heterocycles. The van der Waals surface area contributed by atoms with Crippen molar-refractivity contribution >= 4 is 29.0 Å². The fourth-order valence-corrected chi connectivity index (χ4v) is 4.92. The average Bonchev–Trinajstić information content (AvgIpc) is 2.72. The van der Waals surface area contributed by atoms with Gasteiger partial charge in [-0.2, -0.15) is 0 Å². The number of methoxy groups -OCH3 is 2. The summed E-state index contributed by atoms with van der Waals surface area (Å²) < 4.78 is 10.9. The van der Waals surface area contributed by atoms with Crippen molar-refractivity contribution in [2.24, 2.45) is 5.41 Å². The summed E-state index contributed by atoms with van der Waals surface area (Å²) in [7, 11) is 3.17. The number of ketones is 1. The fourth-order valence-electron chi connectivity index (χ4n) is 4.70. The summed E-state index contributed by atoms with van der Waals surface area (Å²) in [5.74, 6) is 0.878. The molecule has 0 aromatic heterocycles. The molecule has 0 unspecified atom stereocenters. The zero-order valence-corrected chi connectivity index (χ0v) is 19.0. The zero-order valence-electron chi connectivity index (χ0n) is 18.2. The van der Waals surface area contributed by atoms with Crippen LogP contribution in [0.25, 0.3) is 0 Å². The lowest BCUT2D eigenvalue weighted by Gasteiger charge is -2.43. The molecule has 2 aliphatic rings. The second-order valence-electron chi connectivity index (χ2n) is 8.85. The number of amides is 1. The fraction of sp³-hybridized carbons (Fsp3) is 0.360. The van der Waals surface area contributed by atoms with Gasteiger partial charge in [0, 0.05) is 41.7 Å². The van der Waals surface area contributed by atoms with Gasteiger partial charge in [0.05, 0.1) is 24.9 Å². The van der Waals surface area contributed by atoms with E-state index in [2.05, 4.69) is 13.8 Å². The van der Waals surface area contributed by atoms with Crippen molar-refractivity contribution in [2.75, 3.05) is 19.1 Å². The number of Topliss-reactive ketones (excluding diaryl/α,β-unsaturated/α-hetero) is 1. The molecule has 0 radical (unpaired) electrons. The Morgan fingerprint density at radius 1 is 1.03 bits per heavy atom. The Kier molecular flexibility index (Phi) is 5.56. The van der Waals surface area contributed by atoms with Gasteiger partial charge in [0.15, 0.2) is 5.78 Å². The van der Waals surface area contributed by atoms with Gasteiger partial charge in [0.1, 0.15) is 11.5 Å². The lowest BCUT2D eigenvalue weighted by atomic mass is 9.69. The van der Waals surface area contributed by atoms with Gasteiger partial charge in [0.25, 0.3) is 0 Å². The van der Waals surface area contributed by atoms with Gasteiger partial charge < -0.3 is 9.47 Å². The Balaban J connectivity index is 1.93. The molecule has 0 saturated heterocycles. The molecule has 162 valence electrons. The number of anilines is 1. The average molecular weight is 440 g/mol. The standard InChI is InChI=1S/C25H26ClNO4/c1-25(2)13-20-24(21(28)14-25)17(16-10-9-15(30-3)11-22(16)31-4)12-23(29)27(20)19-8-6-5-7-18(19)26/h5-11,17H,12-14H2,1-4H3/t17-/m1/s1. The summed E-state index contributed by atoms with van der Waals surface area (Å²) >= 11 is 6.46. The van der Waals surface area contributed by atoms with Crippen LogP contribution in [-0.4, -0.2) is 25.9 Å². The number of benzene rings is 2. The number of para-hydroxylation sites is 1. The number of hydrogen-bond donors (Lipinski definition) is 0. The third-order valence-electron chi connectivity index (χ3n) is 6.05. The molecule has 5 nitrogen and oxygen atoms in total. The smallest absolute Gasteiger partial charge is 0.232 e. The Labute approximate surface area is 187 Å². The van der Waals surface area contributed by atoms with Gasteiger partial charge in [-0.15, -0.1) is 0 Å². The monoisotopic (exact) mass is 439 g/mol. The maximum atomic E-state index is 13.5. The summed E-state index contributed by atoms with van der Waals surface area (Å²) in [6.07, 6.45) is 1.21. The minimum Gasteiger partial charge on any atom is -0.497 e. The van der Waals surface area contributed by atoms with E-state index >= 15 is 0 Å². The Morgan fingerprint density at radius 3 is 2.45 bits per heavy atom. The number of carbonyl (C=O) groups is 2. The van der Waals surface area contributed by atoms with Gasteiger partial charge >= 0.3 is 0 Å². The molecule has 31 heavy (non-hydrogen) atoms. The van der Waals surface area contributed by atoms with E-state index in [-0.39, 0.29) is 29.4 Å². The number of hydrogen-bond acceptors (Lipinski definition) is 4. The second-order valence-corrected chi connectivity index (χ2v) is 9.25. The normalized spacial score (nSPS) is 20.5. The molecule has 0 fully saturated rings. The number of nitrogens with zero attached hydrogens (tertiary/aromatic N) is 1. The molecule has 1 amide bonds. The van der Waals surface area contributed by atoms with Crippen LogP contribution in [0.15, 0.2) is 53.7 Å². The number of allylic oxidation sites excluding steroid dienone is 2. The van der Waals surface area contributed by atoms with Crippen LogP contribution < -0.4 is 14.4 Å². The molecule has 2 aromatic carbocycles. The Morgan fingerprint density at radius 2 is 1.77 bits per heavy atom. The molecule has 0 N–H and O–H groups in total. The summed E-state index contributed by atoms with van der Waals surface area (Å²) in [6, 6.07) is 12.8. The van der Waals surface area contributed by atoms with Crippen molar-refractivity contribution in [3.8, 4) is 11.5 Å². The van der Waals surface area contributed by atoms with Crippen molar-refractivity contribution in [1.29, 1.82) is 0 Å². The van der Waals surface area contributed by atoms with E-state index in [0.717, 1.165) is 11.3 Å². The summed E-state index contributed by atoms with van der Waals surface area (Å²) in [4.78, 5) is 28.6. The summed E-state index contributed by atoms with van der Waals surface area (Å²) in [5.41, 5.74) is 2.61. The van der Waals surface area contributed by atoms with Crippen molar-refractivity contribution < 1.29 is 19.1 Å². The highest BCUT2D eigenvalue weighted by atomic mass is 35.5. The van der Waals surface area contributed by atoms with Crippen molar-refractivity contribution in [2.45, 2.75) is 39.0 Å². The molecule has 1 aliphatic carbocycles. The highest BCUT2D eigenvalue weighted by Crippen LogP contribution is 2.50. The first-order valence-electron chi connectivity index (χ1n) is 10.3. The van der Waals surface area contributed by atoms with E-state index in [1.54, 1.807) is 31.3 Å². The molecule has 1 aliphatic heterocycles. The predicted molar refractivity (Wildman–Crippen MR) is 121 cm³/mol. The molecular formula is C25H26ClNO4. The van der Waals surface area contributed by atoms with Crippen LogP contribution in [0, 0.1) is 5.41 Å². The van der Waals surface area contributed by atoms with Crippen LogP contribution in [0.4, 0.5) is 5.69 Å². The van der Waals surface area contributed by atoms with E-state index < -0.39 is 0 Å². The van der Waals surface area contributed by atoms with E-state index in [1.807, 2.05) is 30.3 Å². The van der Waals surface area contributed by atoms with Gasteiger partial charge in [-0.3, -0.25) is 14.5 Å². The summed E-state index contributed by atoms with van der Waals surface area (Å²) in [5, 5.41) is 0.485. The highest BCUT2D eigenvalue weighted by Gasteiger charge is 2.45. The second kappa shape index (κ2) is 8.04. The van der Waals surface area contributed by atoms with Crippen molar-refractivity contribution in [3.05, 3.63) is 64.3 Å². The molecule has 0 spiro atoms. The first kappa shape index (κ1) is 21.4. The zero-order chi connectivity index (χ0) is 22.3. The molecule has 1 atom stereocenters. The van der Waals surface area contributed by atoms with Gasteiger partial charge in [0.2, 0.25) is 5.91 Å². The van der Waals surface area contributed by atoms with E-state index in [1.165, 1.54) is 0 Å². The van der Waals surface area contributed by atoms with Crippen molar-refractivity contribution in [3.63, 3.8) is 0 Å². The van der Waals surface area contributed by atoms with Crippen LogP contribution in [-0.2, 0) is 9.59 Å². The first-order valence-corrected chi connectivity index (χ1v) is 10.7. The van der Waals surface area contributed by atoms with E-state index in [0.29, 0.717) is 40.6 Å². The van der Waals surface area contributed by atoms with Crippen LogP contribution in [0.5, 0.6) is 11.5 Å². The third-order valence-corrected chi connectivity index (χ3v) is 6.37. The largest absolute Gasteiger partial charge is 0.497 e. The first-order chi connectivity index (χ1) is 14.8. The number of halogens is 1. The van der Waals surface area contributed by atoms with Crippen LogP contribution in [0.2, 0.25) is 5.02 Å². The number of rotatable bonds is 4. The van der Waals surface area contributed by atoms with E-state index in [4.69, 9.17) is 21.1 Å². The van der Waals surface area contributed by atoms with Crippen LogP contribution >= 0.6 is 11.6 Å². The number of carbonyl (C=O) groups excluding carboxylic acids is 2. The molecular weight excluding hydrogens is 414 g/mol. The van der Waals surface area contributed by atoms with Crippen LogP contribution in [0.1, 0.15) is 44.6 Å². The van der Waals surface area contributed by atoms with Gasteiger partial charge in [-0.25, -0.2) is 0 Å². The predicted octanol–water partition coefficient (Wildman–Crippen LogP) is 5.52. The molecule has 6 heteroatoms. The van der Waals surface area contributed by atoms with Gasteiger partial charge in [-0.1, -0.05) is 43.6 Å². The summed E-state index contributed by atoms with van der Waals surface area (Å²) in [6.45, 7) is 4.11. The molecule has 2 aromatic rings. The van der Waals surface area contributed by atoms with Crippen LogP contribution in [0.3, 0.4) is 0 Å². The van der Waals surface area contributed by atoms with Gasteiger partial charge in [-0.05, 0) is 30.0 Å². The Bertz CT molecular complexity index is 1090. The number of ether oxygens (including phenoxy) is 2. The maximum absolute atomic E-state index is 13.5. The third kappa shape index (κ3) is 3.83. The quantitative estimate of drug-likeness (QED) is 0.629. The van der Waals surface area contributed by atoms with Crippen molar-refractivity contribution in [1.82, 2.24) is 0 Å². The maximum Gasteiger partial charge on any atom is 0.232 e. The minimum absolute atomic E-state index is 0.0682. The Hall–Kier alpha value is -2.79. The lowest BCUT2D eigenvalue weighted by Crippen LogP contribution is -2.43. The molecule has 0 saturated carbocycles. The highest BCUT2D eigenvalue weighted by molar-refractivity contribution is 6.34. The minimum atomic E-state index is -0.370. The van der Waals surface area contributed by atoms with E-state index in [9.17, 15) is 9.59 Å². The SMILES string of the molecule is COc1ccc([C@H]2CC(=O)N(c3ccccc3Cl)C3=C2C(=O)CC(C)(C)C3)c(OC)c1.